The van der Waals surface area contributed by atoms with E-state index in [0.717, 1.165) is 0 Å². The van der Waals surface area contributed by atoms with Gasteiger partial charge < -0.3 is 10.2 Å². The summed E-state index contributed by atoms with van der Waals surface area (Å²) in [6.07, 6.45) is -0.483. The van der Waals surface area contributed by atoms with Crippen molar-refractivity contribution in [3.63, 3.8) is 0 Å². The van der Waals surface area contributed by atoms with Gasteiger partial charge in [0.2, 0.25) is 0 Å². The van der Waals surface area contributed by atoms with Crippen molar-refractivity contribution in [2.75, 3.05) is 18.8 Å². The first kappa shape index (κ1) is 16.8. The Hall–Kier alpha value is -1.60. The predicted octanol–water partition coefficient (Wildman–Crippen LogP) is 1.20. The second-order valence-corrected chi connectivity index (χ2v) is 8.41. The molecule has 1 unspecified atom stereocenters. The number of carbonyl (C=O) groups is 1. The molecule has 0 spiro atoms. The Bertz CT molecular complexity index is 653. The van der Waals surface area contributed by atoms with Crippen LogP contribution in [0.5, 0.6) is 5.75 Å². The van der Waals surface area contributed by atoms with Crippen molar-refractivity contribution in [2.45, 2.75) is 31.1 Å². The lowest BCUT2D eigenvalue weighted by Gasteiger charge is -2.43. The lowest BCUT2D eigenvalue weighted by Crippen LogP contribution is -2.56. The third-order valence-electron chi connectivity index (χ3n) is 4.26. The topological polar surface area (TPSA) is 94.9 Å². The minimum atomic E-state index is -3.62. The van der Waals surface area contributed by atoms with Gasteiger partial charge in [0.1, 0.15) is 10.5 Å². The van der Waals surface area contributed by atoms with Gasteiger partial charge in [-0.25, -0.2) is 8.42 Å². The second-order valence-electron chi connectivity index (χ2n) is 5.99. The maximum absolute atomic E-state index is 12.7. The number of rotatable bonds is 4. The number of phenolic OH excluding ortho intramolecular Hbond substituents is 1. The first-order chi connectivity index (χ1) is 10.2. The second kappa shape index (κ2) is 5.89. The zero-order valence-electron chi connectivity index (χ0n) is 12.7. The van der Waals surface area contributed by atoms with E-state index in [1.807, 2.05) is 18.7 Å². The summed E-state index contributed by atoms with van der Waals surface area (Å²) in [6, 6.07) is 5.91. The Morgan fingerprint density at radius 1 is 1.32 bits per heavy atom. The average molecular weight is 327 g/mol. The minimum Gasteiger partial charge on any atom is -0.508 e. The van der Waals surface area contributed by atoms with Crippen LogP contribution in [0.25, 0.3) is 0 Å². The fraction of sp³-hybridized carbons (Fsp3) is 0.533. The van der Waals surface area contributed by atoms with Crippen LogP contribution in [0.2, 0.25) is 0 Å². The third kappa shape index (κ3) is 2.96. The molecule has 1 heterocycles. The van der Waals surface area contributed by atoms with Gasteiger partial charge in [-0.2, -0.15) is 0 Å². The highest BCUT2D eigenvalue weighted by atomic mass is 32.2. The van der Waals surface area contributed by atoms with Crippen LogP contribution in [0.1, 0.15) is 25.8 Å². The molecule has 1 atom stereocenters. The molecule has 1 fully saturated rings. The highest BCUT2D eigenvalue weighted by Crippen LogP contribution is 2.39. The molecule has 1 saturated heterocycles. The van der Waals surface area contributed by atoms with E-state index >= 15 is 0 Å². The number of hydrogen-bond donors (Lipinski definition) is 2. The molecule has 0 aliphatic carbocycles. The van der Waals surface area contributed by atoms with Crippen LogP contribution in [0.15, 0.2) is 24.3 Å². The largest absolute Gasteiger partial charge is 0.508 e. The van der Waals surface area contributed by atoms with Crippen LogP contribution < -0.4 is 0 Å². The molecule has 1 aromatic rings. The standard InChI is InChI=1S/C15H21NO5S/c1-11(2)16-7-8-22(20,21)15(10-16,9-14(18)19)12-3-5-13(17)6-4-12/h3-6,11,17H,7-10H2,1-2H3,(H,18,19). The number of hydrogen-bond acceptors (Lipinski definition) is 5. The minimum absolute atomic E-state index is 0.0168. The van der Waals surface area contributed by atoms with Gasteiger partial charge in [0.15, 0.2) is 9.84 Å². The van der Waals surface area contributed by atoms with Crippen LogP contribution in [0.4, 0.5) is 0 Å². The molecule has 6 nitrogen and oxygen atoms in total. The molecule has 0 radical (unpaired) electrons. The molecular formula is C15H21NO5S. The molecule has 122 valence electrons. The van der Waals surface area contributed by atoms with Gasteiger partial charge in [0, 0.05) is 19.1 Å². The van der Waals surface area contributed by atoms with Gasteiger partial charge >= 0.3 is 5.97 Å². The zero-order valence-corrected chi connectivity index (χ0v) is 13.5. The molecular weight excluding hydrogens is 306 g/mol. The summed E-state index contributed by atoms with van der Waals surface area (Å²) >= 11 is 0. The van der Waals surface area contributed by atoms with E-state index in [-0.39, 0.29) is 24.1 Å². The Labute approximate surface area is 130 Å². The molecule has 2 rings (SSSR count). The summed E-state index contributed by atoms with van der Waals surface area (Å²) in [5, 5.41) is 18.7. The van der Waals surface area contributed by atoms with Crippen molar-refractivity contribution in [1.29, 1.82) is 0 Å². The smallest absolute Gasteiger partial charge is 0.305 e. The van der Waals surface area contributed by atoms with E-state index < -0.39 is 27.0 Å². The fourth-order valence-corrected chi connectivity index (χ4v) is 4.99. The van der Waals surface area contributed by atoms with Gasteiger partial charge in [-0.15, -0.1) is 0 Å². The quantitative estimate of drug-likeness (QED) is 0.863. The summed E-state index contributed by atoms with van der Waals surface area (Å²) in [6.45, 7) is 4.46. The first-order valence-electron chi connectivity index (χ1n) is 7.15. The van der Waals surface area contributed by atoms with Gasteiger partial charge in [0.05, 0.1) is 12.2 Å². The normalized spacial score (nSPS) is 25.2. The first-order valence-corrected chi connectivity index (χ1v) is 8.81. The number of aliphatic carboxylic acids is 1. The number of carboxylic acids is 1. The number of carboxylic acid groups (broad SMARTS) is 1. The highest BCUT2D eigenvalue weighted by Gasteiger charge is 2.51. The number of nitrogens with zero attached hydrogens (tertiary/aromatic N) is 1. The van der Waals surface area contributed by atoms with Crippen molar-refractivity contribution in [1.82, 2.24) is 4.90 Å². The number of sulfone groups is 1. The van der Waals surface area contributed by atoms with Crippen LogP contribution in [-0.2, 0) is 19.4 Å². The van der Waals surface area contributed by atoms with Crippen molar-refractivity contribution >= 4 is 15.8 Å². The Kier molecular flexibility index (Phi) is 4.49. The van der Waals surface area contributed by atoms with Crippen molar-refractivity contribution < 1.29 is 23.4 Å². The van der Waals surface area contributed by atoms with Gasteiger partial charge in [-0.05, 0) is 31.5 Å². The van der Waals surface area contributed by atoms with E-state index in [4.69, 9.17) is 0 Å². The summed E-state index contributed by atoms with van der Waals surface area (Å²) in [5.74, 6) is -1.20. The molecule has 22 heavy (non-hydrogen) atoms. The van der Waals surface area contributed by atoms with Crippen molar-refractivity contribution in [3.05, 3.63) is 29.8 Å². The maximum Gasteiger partial charge on any atom is 0.305 e. The molecule has 1 aliphatic heterocycles. The molecule has 1 aliphatic rings. The Morgan fingerprint density at radius 2 is 1.91 bits per heavy atom. The van der Waals surface area contributed by atoms with Crippen LogP contribution in [0.3, 0.4) is 0 Å². The monoisotopic (exact) mass is 327 g/mol. The van der Waals surface area contributed by atoms with Crippen LogP contribution >= 0.6 is 0 Å². The maximum atomic E-state index is 12.7. The Morgan fingerprint density at radius 3 is 2.41 bits per heavy atom. The van der Waals surface area contributed by atoms with E-state index in [9.17, 15) is 23.4 Å². The summed E-state index contributed by atoms with van der Waals surface area (Å²) in [5.41, 5.74) is 0.415. The fourth-order valence-electron chi connectivity index (χ4n) is 2.93. The number of aromatic hydroxyl groups is 1. The van der Waals surface area contributed by atoms with Gasteiger partial charge in [-0.3, -0.25) is 9.69 Å². The van der Waals surface area contributed by atoms with E-state index in [2.05, 4.69) is 0 Å². The molecule has 0 bridgehead atoms. The predicted molar refractivity (Wildman–Crippen MR) is 82.5 cm³/mol. The molecule has 1 aromatic carbocycles. The van der Waals surface area contributed by atoms with Gasteiger partial charge in [-0.1, -0.05) is 12.1 Å². The van der Waals surface area contributed by atoms with E-state index in [1.165, 1.54) is 24.3 Å². The third-order valence-corrected chi connectivity index (χ3v) is 6.68. The highest BCUT2D eigenvalue weighted by molar-refractivity contribution is 7.92. The molecule has 2 N–H and O–H groups in total. The SMILES string of the molecule is CC(C)N1CCS(=O)(=O)C(CC(=O)O)(c2ccc(O)cc2)C1. The molecule has 0 aromatic heterocycles. The number of phenols is 1. The van der Waals surface area contributed by atoms with Crippen molar-refractivity contribution in [2.24, 2.45) is 0 Å². The summed E-state index contributed by atoms with van der Waals surface area (Å²) in [7, 11) is -3.62. The number of benzene rings is 1. The van der Waals surface area contributed by atoms with E-state index in [1.54, 1.807) is 0 Å². The van der Waals surface area contributed by atoms with Gasteiger partial charge in [0.25, 0.3) is 0 Å². The van der Waals surface area contributed by atoms with Crippen molar-refractivity contribution in [3.8, 4) is 5.75 Å². The zero-order chi connectivity index (χ0) is 16.5. The Balaban J connectivity index is 2.58. The van der Waals surface area contributed by atoms with Crippen LogP contribution in [-0.4, -0.2) is 54.4 Å². The molecule has 0 amide bonds. The lowest BCUT2D eigenvalue weighted by atomic mass is 9.93. The van der Waals surface area contributed by atoms with Crippen LogP contribution in [0, 0.1) is 0 Å². The summed E-state index contributed by atoms with van der Waals surface area (Å²) in [4.78, 5) is 13.3. The summed E-state index contributed by atoms with van der Waals surface area (Å²) < 4.78 is 24.0. The lowest BCUT2D eigenvalue weighted by molar-refractivity contribution is -0.138. The average Bonchev–Trinajstić information content (AvgIpc) is 2.41. The molecule has 0 saturated carbocycles. The molecule has 7 heteroatoms. The van der Waals surface area contributed by atoms with E-state index in [0.29, 0.717) is 12.1 Å².